The van der Waals surface area contributed by atoms with E-state index in [2.05, 4.69) is 56.3 Å². The maximum atomic E-state index is 13.6. The molecule has 1 aliphatic heterocycles. The molecule has 0 fully saturated rings. The Labute approximate surface area is 235 Å². The van der Waals surface area contributed by atoms with Crippen molar-refractivity contribution in [3.05, 3.63) is 117 Å². The topological polar surface area (TPSA) is 79.3 Å². The van der Waals surface area contributed by atoms with E-state index in [0.29, 0.717) is 23.4 Å². The number of nitriles is 1. The lowest BCUT2D eigenvalue weighted by molar-refractivity contribution is -0.116. The van der Waals surface area contributed by atoms with Crippen molar-refractivity contribution in [2.45, 2.75) is 50.5 Å². The van der Waals surface area contributed by atoms with Gasteiger partial charge in [0, 0.05) is 34.9 Å². The molecule has 1 aliphatic carbocycles. The molecule has 1 atom stereocenters. The fourth-order valence-corrected chi connectivity index (χ4v) is 6.72. The molecule has 2 N–H and O–H groups in total. The molecule has 3 aromatic rings. The lowest BCUT2D eigenvalue weighted by atomic mass is 9.74. The summed E-state index contributed by atoms with van der Waals surface area (Å²) in [6.07, 6.45) is 1.98. The zero-order chi connectivity index (χ0) is 27.5. The highest BCUT2D eigenvalue weighted by molar-refractivity contribution is 7.97. The molecule has 0 spiro atoms. The van der Waals surface area contributed by atoms with Gasteiger partial charge in [-0.1, -0.05) is 42.5 Å². The molecule has 0 amide bonds. The first-order valence-electron chi connectivity index (χ1n) is 13.2. The van der Waals surface area contributed by atoms with Crippen LogP contribution < -0.4 is 15.4 Å². The van der Waals surface area contributed by atoms with Crippen molar-refractivity contribution >= 4 is 23.2 Å². The molecule has 39 heavy (non-hydrogen) atoms. The van der Waals surface area contributed by atoms with Crippen LogP contribution in [0.15, 0.2) is 89.4 Å². The number of methoxy groups -OCH3 is 1. The molecule has 3 aromatic carbocycles. The minimum absolute atomic E-state index is 0.0972. The van der Waals surface area contributed by atoms with Gasteiger partial charge in [0.15, 0.2) is 5.78 Å². The summed E-state index contributed by atoms with van der Waals surface area (Å²) in [5.74, 6) is 2.53. The second-order valence-corrected chi connectivity index (χ2v) is 11.1. The minimum atomic E-state index is -0.467. The number of anilines is 1. The van der Waals surface area contributed by atoms with Crippen molar-refractivity contribution in [1.82, 2.24) is 0 Å². The largest absolute Gasteiger partial charge is 0.497 e. The van der Waals surface area contributed by atoms with Crippen LogP contribution in [0, 0.1) is 25.2 Å². The van der Waals surface area contributed by atoms with Gasteiger partial charge in [-0.05, 0) is 78.8 Å². The van der Waals surface area contributed by atoms with Crippen LogP contribution in [0.2, 0.25) is 0 Å². The summed E-state index contributed by atoms with van der Waals surface area (Å²) in [6, 6.07) is 24.8. The Bertz CT molecular complexity index is 1500. The van der Waals surface area contributed by atoms with E-state index >= 15 is 0 Å². The Kier molecular flexibility index (Phi) is 7.81. The predicted molar refractivity (Wildman–Crippen MR) is 158 cm³/mol. The lowest BCUT2D eigenvalue weighted by Gasteiger charge is -2.40. The Morgan fingerprint density at radius 2 is 1.77 bits per heavy atom. The number of nitrogens with two attached hydrogens (primary N) is 1. The molecule has 2 aliphatic rings. The maximum absolute atomic E-state index is 13.6. The fraction of sp³-hybridized carbons (Fsp3) is 0.273. The fourth-order valence-electron chi connectivity index (χ4n) is 5.66. The number of Topliss-reactive ketones (excluding diaryl/α,β-unsaturated/α-hetero) is 1. The number of aryl methyl sites for hydroxylation is 2. The van der Waals surface area contributed by atoms with Gasteiger partial charge in [0.05, 0.1) is 24.7 Å². The standard InChI is InChI=1S/C33H33N3O2S/c1-21-16-22(2)27(17-24(21)20-39-19-23-8-5-4-6-9-23)31-28(18-34)33(35)36(25-12-14-26(38-3)15-13-25)29-10-7-11-30(37)32(29)31/h4-6,8-9,12-17,31H,7,10-11,19-20,35H2,1-3H3. The monoisotopic (exact) mass is 535 g/mol. The van der Waals surface area contributed by atoms with Crippen molar-refractivity contribution in [2.75, 3.05) is 12.0 Å². The lowest BCUT2D eigenvalue weighted by Crippen LogP contribution is -2.38. The third-order valence-corrected chi connectivity index (χ3v) is 8.70. The summed E-state index contributed by atoms with van der Waals surface area (Å²) in [5, 5.41) is 10.4. The van der Waals surface area contributed by atoms with Crippen LogP contribution in [0.1, 0.15) is 53.0 Å². The van der Waals surface area contributed by atoms with E-state index in [1.165, 1.54) is 16.7 Å². The summed E-state index contributed by atoms with van der Waals surface area (Å²) < 4.78 is 5.33. The molecule has 1 unspecified atom stereocenters. The third-order valence-electron chi connectivity index (χ3n) is 7.65. The number of benzene rings is 3. The molecule has 0 bridgehead atoms. The number of thioether (sulfide) groups is 1. The molecule has 5 nitrogen and oxygen atoms in total. The third kappa shape index (κ3) is 5.20. The van der Waals surface area contributed by atoms with Gasteiger partial charge in [-0.2, -0.15) is 17.0 Å². The average Bonchev–Trinajstić information content (AvgIpc) is 2.94. The first-order chi connectivity index (χ1) is 18.9. The molecular weight excluding hydrogens is 502 g/mol. The zero-order valence-electron chi connectivity index (χ0n) is 22.7. The second-order valence-electron chi connectivity index (χ2n) is 10.1. The SMILES string of the molecule is COc1ccc(N2C(N)=C(C#N)C(c3cc(CSCc4ccccc4)c(C)cc3C)C3=C2CCCC3=O)cc1. The van der Waals surface area contributed by atoms with Crippen molar-refractivity contribution in [3.8, 4) is 11.8 Å². The molecule has 0 saturated heterocycles. The number of nitrogens with zero attached hydrogens (tertiary/aromatic N) is 2. The van der Waals surface area contributed by atoms with Gasteiger partial charge in [-0.15, -0.1) is 0 Å². The number of allylic oxidation sites excluding steroid dienone is 3. The molecular formula is C33H33N3O2S. The van der Waals surface area contributed by atoms with Crippen LogP contribution in [-0.4, -0.2) is 12.9 Å². The number of carbonyl (C=O) groups excluding carboxylic acids is 1. The van der Waals surface area contributed by atoms with Gasteiger partial charge < -0.3 is 10.5 Å². The summed E-state index contributed by atoms with van der Waals surface area (Å²) in [7, 11) is 1.63. The number of hydrogen-bond donors (Lipinski definition) is 1. The summed E-state index contributed by atoms with van der Waals surface area (Å²) in [5.41, 5.74) is 15.4. The van der Waals surface area contributed by atoms with E-state index in [9.17, 15) is 10.1 Å². The van der Waals surface area contributed by atoms with Crippen LogP contribution in [0.4, 0.5) is 5.69 Å². The maximum Gasteiger partial charge on any atom is 0.161 e. The van der Waals surface area contributed by atoms with E-state index in [4.69, 9.17) is 10.5 Å². The Morgan fingerprint density at radius 1 is 1.03 bits per heavy atom. The van der Waals surface area contributed by atoms with Gasteiger partial charge in [-0.3, -0.25) is 9.69 Å². The normalized spacial score (nSPS) is 17.2. The Balaban J connectivity index is 1.57. The quantitative estimate of drug-likeness (QED) is 0.349. The Hall–Kier alpha value is -3.95. The number of rotatable bonds is 7. The van der Waals surface area contributed by atoms with Gasteiger partial charge in [0.2, 0.25) is 0 Å². The molecule has 0 aromatic heterocycles. The van der Waals surface area contributed by atoms with E-state index in [0.717, 1.165) is 52.6 Å². The van der Waals surface area contributed by atoms with Crippen LogP contribution >= 0.6 is 11.8 Å². The number of carbonyl (C=O) groups is 1. The summed E-state index contributed by atoms with van der Waals surface area (Å²) in [6.45, 7) is 4.20. The second kappa shape index (κ2) is 11.4. The summed E-state index contributed by atoms with van der Waals surface area (Å²) >= 11 is 1.87. The average molecular weight is 536 g/mol. The highest BCUT2D eigenvalue weighted by Crippen LogP contribution is 2.47. The smallest absolute Gasteiger partial charge is 0.161 e. The molecule has 1 heterocycles. The van der Waals surface area contributed by atoms with Gasteiger partial charge >= 0.3 is 0 Å². The van der Waals surface area contributed by atoms with Crippen LogP contribution in [0.3, 0.4) is 0 Å². The highest BCUT2D eigenvalue weighted by Gasteiger charge is 2.41. The van der Waals surface area contributed by atoms with E-state index in [1.54, 1.807) is 7.11 Å². The molecule has 5 rings (SSSR count). The summed E-state index contributed by atoms with van der Waals surface area (Å²) in [4.78, 5) is 15.5. The number of hydrogen-bond acceptors (Lipinski definition) is 6. The van der Waals surface area contributed by atoms with Crippen molar-refractivity contribution in [1.29, 1.82) is 5.26 Å². The predicted octanol–water partition coefficient (Wildman–Crippen LogP) is 7.05. The molecule has 198 valence electrons. The number of ketones is 1. The van der Waals surface area contributed by atoms with Gasteiger partial charge in [-0.25, -0.2) is 0 Å². The molecule has 6 heteroatoms. The van der Waals surface area contributed by atoms with Gasteiger partial charge in [0.25, 0.3) is 0 Å². The van der Waals surface area contributed by atoms with E-state index < -0.39 is 5.92 Å². The zero-order valence-corrected chi connectivity index (χ0v) is 23.5. The van der Waals surface area contributed by atoms with Crippen LogP contribution in [0.25, 0.3) is 0 Å². The highest BCUT2D eigenvalue weighted by atomic mass is 32.2. The molecule has 0 saturated carbocycles. The van der Waals surface area contributed by atoms with Crippen LogP contribution in [-0.2, 0) is 16.3 Å². The number of ether oxygens (including phenoxy) is 1. The van der Waals surface area contributed by atoms with Crippen molar-refractivity contribution in [3.63, 3.8) is 0 Å². The Morgan fingerprint density at radius 3 is 2.46 bits per heavy atom. The van der Waals surface area contributed by atoms with Crippen molar-refractivity contribution < 1.29 is 9.53 Å². The minimum Gasteiger partial charge on any atom is -0.497 e. The van der Waals surface area contributed by atoms with E-state index in [-0.39, 0.29) is 5.78 Å². The van der Waals surface area contributed by atoms with Crippen molar-refractivity contribution in [2.24, 2.45) is 5.73 Å². The first kappa shape index (κ1) is 26.6. The van der Waals surface area contributed by atoms with E-state index in [1.807, 2.05) is 47.0 Å². The van der Waals surface area contributed by atoms with Gasteiger partial charge in [0.1, 0.15) is 11.6 Å². The molecule has 0 radical (unpaired) electrons. The van der Waals surface area contributed by atoms with Crippen LogP contribution in [0.5, 0.6) is 5.75 Å². The first-order valence-corrected chi connectivity index (χ1v) is 14.4.